The molecule has 0 aliphatic heterocycles. The Morgan fingerprint density at radius 2 is 1.91 bits per heavy atom. The number of nitrogen functional groups attached to an aromatic ring is 1. The Balaban J connectivity index is 2.46. The van der Waals surface area contributed by atoms with Gasteiger partial charge in [0.2, 0.25) is 15.0 Å². The highest BCUT2D eigenvalue weighted by Crippen LogP contribution is 2.29. The van der Waals surface area contributed by atoms with Gasteiger partial charge in [0.1, 0.15) is 5.82 Å². The Morgan fingerprint density at radius 3 is 2.43 bits per heavy atom. The molecule has 0 atom stereocenters. The van der Waals surface area contributed by atoms with Crippen molar-refractivity contribution in [1.82, 2.24) is 9.97 Å². The molecule has 124 valence electrons. The molecule has 1 aromatic carbocycles. The van der Waals surface area contributed by atoms with Crippen molar-refractivity contribution in [3.05, 3.63) is 45.6 Å². The molecule has 0 saturated heterocycles. The number of benzene rings is 1. The van der Waals surface area contributed by atoms with Gasteiger partial charge in [-0.05, 0) is 35.6 Å². The minimum absolute atomic E-state index is 0.173. The van der Waals surface area contributed by atoms with Crippen LogP contribution in [0, 0.1) is 6.92 Å². The monoisotopic (exact) mass is 353 g/mol. The lowest BCUT2D eigenvalue weighted by Gasteiger charge is -2.16. The molecule has 0 fully saturated rings. The van der Waals surface area contributed by atoms with Gasteiger partial charge in [0, 0.05) is 29.5 Å². The lowest BCUT2D eigenvalue weighted by Crippen LogP contribution is -2.09. The van der Waals surface area contributed by atoms with Crippen molar-refractivity contribution in [2.45, 2.75) is 38.3 Å². The van der Waals surface area contributed by atoms with E-state index in [9.17, 15) is 8.42 Å². The second kappa shape index (κ2) is 6.45. The molecule has 7 heteroatoms. The molecule has 0 spiro atoms. The number of rotatable bonds is 4. The third kappa shape index (κ3) is 4.00. The van der Waals surface area contributed by atoms with Gasteiger partial charge in [-0.1, -0.05) is 31.5 Å². The van der Waals surface area contributed by atoms with Crippen molar-refractivity contribution in [2.24, 2.45) is 0 Å². The number of hydrogen-bond donors (Lipinski definition) is 1. The molecule has 23 heavy (non-hydrogen) atoms. The fraction of sp³-hybridized carbons (Fsp3) is 0.375. The highest BCUT2D eigenvalue weighted by molar-refractivity contribution is 7.90. The molecule has 0 aliphatic carbocycles. The number of halogens is 1. The highest BCUT2D eigenvalue weighted by Gasteiger charge is 2.16. The number of aromatic nitrogens is 2. The standard InChI is InChI=1S/C16H20ClN3O2S/c1-9(2)13-5-10(3)14(17)7-11(13)6-12-8-19-16(20-15(12)18)23(4,21)22/h5,7-9H,6H2,1-4H3,(H2,18,19,20). The molecular formula is C16H20ClN3O2S. The van der Waals surface area contributed by atoms with Crippen molar-refractivity contribution in [3.63, 3.8) is 0 Å². The van der Waals surface area contributed by atoms with E-state index in [2.05, 4.69) is 29.9 Å². The summed E-state index contributed by atoms with van der Waals surface area (Å²) in [5, 5.41) is 0.432. The lowest BCUT2D eigenvalue weighted by molar-refractivity contribution is 0.593. The predicted octanol–water partition coefficient (Wildman–Crippen LogP) is 3.14. The number of aryl methyl sites for hydroxylation is 1. The van der Waals surface area contributed by atoms with Crippen molar-refractivity contribution in [3.8, 4) is 0 Å². The maximum Gasteiger partial charge on any atom is 0.248 e. The molecule has 2 aromatic rings. The molecule has 0 amide bonds. The lowest BCUT2D eigenvalue weighted by atomic mass is 9.92. The fourth-order valence-electron chi connectivity index (χ4n) is 2.36. The quantitative estimate of drug-likeness (QED) is 0.853. The van der Waals surface area contributed by atoms with Crippen LogP contribution in [0.2, 0.25) is 5.02 Å². The van der Waals surface area contributed by atoms with E-state index in [1.165, 1.54) is 11.8 Å². The van der Waals surface area contributed by atoms with Crippen molar-refractivity contribution < 1.29 is 8.42 Å². The average molecular weight is 354 g/mol. The van der Waals surface area contributed by atoms with E-state index in [0.29, 0.717) is 22.9 Å². The van der Waals surface area contributed by atoms with Crippen LogP contribution in [0.5, 0.6) is 0 Å². The topological polar surface area (TPSA) is 85.9 Å². The number of sulfone groups is 1. The van der Waals surface area contributed by atoms with E-state index in [-0.39, 0.29) is 11.0 Å². The van der Waals surface area contributed by atoms with E-state index >= 15 is 0 Å². The first-order valence-corrected chi connectivity index (χ1v) is 9.47. The predicted molar refractivity (Wildman–Crippen MR) is 92.6 cm³/mol. The molecule has 0 bridgehead atoms. The largest absolute Gasteiger partial charge is 0.383 e. The summed E-state index contributed by atoms with van der Waals surface area (Å²) in [5.41, 5.74) is 9.83. The van der Waals surface area contributed by atoms with Crippen molar-refractivity contribution in [1.29, 1.82) is 0 Å². The van der Waals surface area contributed by atoms with Crippen LogP contribution in [-0.4, -0.2) is 24.6 Å². The molecule has 0 unspecified atom stereocenters. The average Bonchev–Trinajstić information content (AvgIpc) is 2.43. The van der Waals surface area contributed by atoms with Gasteiger partial charge in [-0.25, -0.2) is 18.4 Å². The number of anilines is 1. The van der Waals surface area contributed by atoms with Crippen LogP contribution in [0.3, 0.4) is 0 Å². The van der Waals surface area contributed by atoms with Crippen molar-refractivity contribution in [2.75, 3.05) is 12.0 Å². The SMILES string of the molecule is Cc1cc(C(C)C)c(Cc2cnc(S(C)(=O)=O)nc2N)cc1Cl. The van der Waals surface area contributed by atoms with E-state index in [0.717, 1.165) is 17.4 Å². The Kier molecular flexibility index (Phi) is 4.96. The summed E-state index contributed by atoms with van der Waals surface area (Å²) in [7, 11) is -3.47. The molecular weight excluding hydrogens is 334 g/mol. The summed E-state index contributed by atoms with van der Waals surface area (Å²) < 4.78 is 23.0. The van der Waals surface area contributed by atoms with Crippen LogP contribution in [-0.2, 0) is 16.3 Å². The third-order valence-electron chi connectivity index (χ3n) is 3.63. The maximum absolute atomic E-state index is 11.5. The van der Waals surface area contributed by atoms with Gasteiger partial charge in [-0.15, -0.1) is 0 Å². The van der Waals surface area contributed by atoms with Crippen molar-refractivity contribution >= 4 is 27.3 Å². The zero-order valence-corrected chi connectivity index (χ0v) is 15.2. The van der Waals surface area contributed by atoms with Gasteiger partial charge in [0.15, 0.2) is 0 Å². The normalized spacial score (nSPS) is 11.9. The van der Waals surface area contributed by atoms with Gasteiger partial charge in [-0.3, -0.25) is 0 Å². The maximum atomic E-state index is 11.5. The molecule has 2 N–H and O–H groups in total. The number of nitrogens with zero attached hydrogens (tertiary/aromatic N) is 2. The molecule has 0 radical (unpaired) electrons. The van der Waals surface area contributed by atoms with Crippen LogP contribution in [0.1, 0.15) is 42.0 Å². The summed E-state index contributed by atoms with van der Waals surface area (Å²) in [4.78, 5) is 7.81. The second-order valence-electron chi connectivity index (χ2n) is 5.97. The molecule has 0 aliphatic rings. The van der Waals surface area contributed by atoms with Gasteiger partial charge in [0.05, 0.1) is 0 Å². The number of hydrogen-bond acceptors (Lipinski definition) is 5. The van der Waals surface area contributed by atoms with E-state index in [4.69, 9.17) is 17.3 Å². The highest BCUT2D eigenvalue weighted by atomic mass is 35.5. The minimum Gasteiger partial charge on any atom is -0.383 e. The summed E-state index contributed by atoms with van der Waals surface area (Å²) in [6, 6.07) is 4.00. The smallest absolute Gasteiger partial charge is 0.248 e. The summed E-state index contributed by atoms with van der Waals surface area (Å²) >= 11 is 6.24. The van der Waals surface area contributed by atoms with Gasteiger partial charge in [-0.2, -0.15) is 0 Å². The summed E-state index contributed by atoms with van der Waals surface area (Å²) in [5.74, 6) is 0.505. The zero-order valence-electron chi connectivity index (χ0n) is 13.6. The minimum atomic E-state index is -3.47. The fourth-order valence-corrected chi connectivity index (χ4v) is 3.05. The molecule has 0 saturated carbocycles. The number of nitrogens with two attached hydrogens (primary N) is 1. The molecule has 1 heterocycles. The Morgan fingerprint density at radius 1 is 1.26 bits per heavy atom. The molecule has 1 aromatic heterocycles. The van der Waals surface area contributed by atoms with Crippen LogP contribution < -0.4 is 5.73 Å². The molecule has 5 nitrogen and oxygen atoms in total. The zero-order chi connectivity index (χ0) is 17.4. The van der Waals surface area contributed by atoms with Crippen LogP contribution in [0.15, 0.2) is 23.5 Å². The first-order chi connectivity index (χ1) is 10.6. The van der Waals surface area contributed by atoms with E-state index in [1.54, 1.807) is 0 Å². The first-order valence-electron chi connectivity index (χ1n) is 7.20. The second-order valence-corrected chi connectivity index (χ2v) is 8.28. The third-order valence-corrected chi connectivity index (χ3v) is 4.90. The van der Waals surface area contributed by atoms with Gasteiger partial charge in [0.25, 0.3) is 0 Å². The van der Waals surface area contributed by atoms with Crippen LogP contribution in [0.25, 0.3) is 0 Å². The van der Waals surface area contributed by atoms with E-state index in [1.807, 2.05) is 13.0 Å². The first kappa shape index (κ1) is 17.7. The Hall–Kier alpha value is -1.66. The Labute approximate surface area is 141 Å². The Bertz CT molecular complexity index is 849. The summed E-state index contributed by atoms with van der Waals surface area (Å²) in [6.07, 6.45) is 3.03. The van der Waals surface area contributed by atoms with Gasteiger partial charge >= 0.3 is 0 Å². The summed E-state index contributed by atoms with van der Waals surface area (Å²) in [6.45, 7) is 6.19. The van der Waals surface area contributed by atoms with Gasteiger partial charge < -0.3 is 5.73 Å². The van der Waals surface area contributed by atoms with Crippen LogP contribution in [0.4, 0.5) is 5.82 Å². The van der Waals surface area contributed by atoms with E-state index < -0.39 is 9.84 Å². The van der Waals surface area contributed by atoms with Crippen LogP contribution >= 0.6 is 11.6 Å². The molecule has 2 rings (SSSR count).